The summed E-state index contributed by atoms with van der Waals surface area (Å²) in [5.74, 6) is 0.799. The van der Waals surface area contributed by atoms with Crippen molar-refractivity contribution in [3.8, 4) is 22.8 Å². The molecule has 0 spiro atoms. The Morgan fingerprint density at radius 3 is 2.57 bits per heavy atom. The van der Waals surface area contributed by atoms with E-state index in [1.165, 1.54) is 7.11 Å². The summed E-state index contributed by atoms with van der Waals surface area (Å²) in [5, 5.41) is 13.9. The number of phenolic OH excluding ortho intramolecular Hbond substituents is 1. The second-order valence-corrected chi connectivity index (χ2v) is 10.7. The number of hydrogen-bond donors (Lipinski definition) is 3. The molecule has 0 amide bonds. The maximum atomic E-state index is 11.9. The van der Waals surface area contributed by atoms with Gasteiger partial charge in [-0.05, 0) is 76.9 Å². The lowest BCUT2D eigenvalue weighted by Gasteiger charge is -2.31. The van der Waals surface area contributed by atoms with Crippen molar-refractivity contribution in [1.29, 1.82) is 0 Å². The van der Waals surface area contributed by atoms with E-state index in [0.717, 1.165) is 32.2 Å². The van der Waals surface area contributed by atoms with Gasteiger partial charge in [-0.1, -0.05) is 11.6 Å². The number of nitrogens with one attached hydrogen (secondary N) is 2. The number of H-pyrrole nitrogens is 1. The first-order valence-electron chi connectivity index (χ1n) is 11.6. The van der Waals surface area contributed by atoms with Crippen LogP contribution in [0.4, 0.5) is 5.69 Å². The van der Waals surface area contributed by atoms with E-state index in [-0.39, 0.29) is 27.2 Å². The van der Waals surface area contributed by atoms with Gasteiger partial charge in [0.2, 0.25) is 10.3 Å². The Morgan fingerprint density at radius 1 is 1.23 bits per heavy atom. The molecule has 35 heavy (non-hydrogen) atoms. The van der Waals surface area contributed by atoms with E-state index in [2.05, 4.69) is 29.3 Å². The van der Waals surface area contributed by atoms with Crippen LogP contribution in [-0.2, 0) is 10.3 Å². The number of hydrogen-bond acceptors (Lipinski definition) is 7. The van der Waals surface area contributed by atoms with Crippen molar-refractivity contribution < 1.29 is 18.3 Å². The highest BCUT2D eigenvalue weighted by molar-refractivity contribution is 7.63. The molecule has 10 heteroatoms. The topological polar surface area (TPSA) is 108 Å². The van der Waals surface area contributed by atoms with E-state index in [9.17, 15) is 13.5 Å². The number of fused-ring (bicyclic) bond motifs is 1. The number of benzene rings is 1. The zero-order valence-corrected chi connectivity index (χ0v) is 21.9. The van der Waals surface area contributed by atoms with Gasteiger partial charge in [-0.15, -0.1) is 0 Å². The molecule has 0 bridgehead atoms. The highest BCUT2D eigenvalue weighted by Gasteiger charge is 2.23. The predicted molar refractivity (Wildman–Crippen MR) is 140 cm³/mol. The lowest BCUT2D eigenvalue weighted by Crippen LogP contribution is -2.31. The number of rotatable bonds is 6. The van der Waals surface area contributed by atoms with Crippen LogP contribution in [0.5, 0.6) is 11.5 Å². The van der Waals surface area contributed by atoms with Crippen LogP contribution >= 0.6 is 11.6 Å². The van der Waals surface area contributed by atoms with E-state index in [1.54, 1.807) is 31.2 Å². The van der Waals surface area contributed by atoms with E-state index in [1.807, 2.05) is 0 Å². The van der Waals surface area contributed by atoms with Gasteiger partial charge in [0, 0.05) is 23.7 Å². The molecule has 0 saturated heterocycles. The van der Waals surface area contributed by atoms with Crippen LogP contribution in [0.1, 0.15) is 31.2 Å². The average molecular weight is 519 g/mol. The van der Waals surface area contributed by atoms with Crippen LogP contribution < -0.4 is 10.1 Å². The Morgan fingerprint density at radius 2 is 1.94 bits per heavy atom. The summed E-state index contributed by atoms with van der Waals surface area (Å²) >= 11 is 6.20. The van der Waals surface area contributed by atoms with Gasteiger partial charge < -0.3 is 25.0 Å². The Bertz CT molecular complexity index is 1420. The molecule has 2 aromatic heterocycles. The first kappa shape index (κ1) is 25.3. The van der Waals surface area contributed by atoms with Crippen LogP contribution in [0, 0.1) is 17.5 Å². The molecule has 0 unspecified atom stereocenters. The van der Waals surface area contributed by atoms with Crippen LogP contribution in [-0.4, -0.2) is 62.2 Å². The van der Waals surface area contributed by atoms with Gasteiger partial charge in [0.05, 0.1) is 29.0 Å². The highest BCUT2D eigenvalue weighted by Crippen LogP contribution is 2.39. The van der Waals surface area contributed by atoms with Crippen molar-refractivity contribution in [2.45, 2.75) is 38.6 Å². The fraction of sp³-hybridized carbons (Fsp3) is 0.440. The number of halogens is 1. The van der Waals surface area contributed by atoms with Crippen molar-refractivity contribution in [3.05, 3.63) is 39.5 Å². The maximum absolute atomic E-state index is 11.9. The van der Waals surface area contributed by atoms with Crippen LogP contribution in [0.15, 0.2) is 24.3 Å². The third kappa shape index (κ3) is 5.42. The van der Waals surface area contributed by atoms with Crippen LogP contribution in [0.3, 0.4) is 0 Å². The molecular formula is C25H31ClN4O4S. The fourth-order valence-electron chi connectivity index (χ4n) is 4.85. The summed E-state index contributed by atoms with van der Waals surface area (Å²) in [4.78, 5) is 10.1. The van der Waals surface area contributed by atoms with E-state index in [4.69, 9.17) is 21.3 Å². The zero-order chi connectivity index (χ0) is 25.3. The second kappa shape index (κ2) is 10.5. The van der Waals surface area contributed by atoms with Crippen molar-refractivity contribution in [2.75, 3.05) is 33.1 Å². The Kier molecular flexibility index (Phi) is 7.59. The fourth-order valence-corrected chi connectivity index (χ4v) is 5.61. The van der Waals surface area contributed by atoms with E-state index < -0.39 is 10.3 Å². The summed E-state index contributed by atoms with van der Waals surface area (Å²) in [5.41, 5.74) is 3.88. The monoisotopic (exact) mass is 518 g/mol. The Hall–Kier alpha value is -2.75. The van der Waals surface area contributed by atoms with E-state index in [0.29, 0.717) is 39.5 Å². The first-order valence-corrected chi connectivity index (χ1v) is 13.1. The number of aromatic amines is 1. The molecule has 1 aromatic carbocycles. The molecule has 1 aliphatic rings. The zero-order valence-electron chi connectivity index (χ0n) is 20.4. The molecule has 0 aliphatic heterocycles. The van der Waals surface area contributed by atoms with Gasteiger partial charge in [0.1, 0.15) is 5.52 Å². The minimum absolute atomic E-state index is 0.127. The van der Waals surface area contributed by atoms with Gasteiger partial charge in [-0.25, -0.2) is 4.98 Å². The third-order valence-electron chi connectivity index (χ3n) is 6.63. The number of phenols is 1. The van der Waals surface area contributed by atoms with Crippen molar-refractivity contribution >= 4 is 38.6 Å². The van der Waals surface area contributed by atoms with Crippen molar-refractivity contribution in [1.82, 2.24) is 14.9 Å². The molecule has 0 radical (unpaired) electrons. The lowest BCUT2D eigenvalue weighted by atomic mass is 9.85. The summed E-state index contributed by atoms with van der Waals surface area (Å²) in [6.45, 7) is 2.87. The maximum Gasteiger partial charge on any atom is 0.238 e. The summed E-state index contributed by atoms with van der Waals surface area (Å²) in [6, 6.07) is 7.12. The molecule has 1 aliphatic carbocycles. The SMILES string of the molecule is COc1cc(-c2ccc3[nH]c(=S(=O)=O)c(C)c(NC4CCC(CN(C)C)CC4)c3n2)cc(Cl)c1O. The molecule has 188 valence electrons. The summed E-state index contributed by atoms with van der Waals surface area (Å²) in [7, 11) is 3.25. The predicted octanol–water partition coefficient (Wildman–Crippen LogP) is 4.85. The standard InChI is InChI=1S/C25H31ClN4O4S/c1-14-22(27-17-7-5-15(6-8-17)13-30(2)3)23-20(29-25(14)35(32)33)10-9-19(28-23)16-11-18(26)24(31)21(12-16)34-4/h9-12,15,17,27,29,31H,5-8,13H2,1-4H3. The molecule has 3 N–H and O–H groups in total. The minimum atomic E-state index is -2.42. The molecule has 8 nitrogen and oxygen atoms in total. The first-order chi connectivity index (χ1) is 16.7. The summed E-state index contributed by atoms with van der Waals surface area (Å²) < 4.78 is 29.3. The Labute approximate surface area is 211 Å². The lowest BCUT2D eigenvalue weighted by molar-refractivity contribution is 0.255. The average Bonchev–Trinajstić information content (AvgIpc) is 2.82. The van der Waals surface area contributed by atoms with Gasteiger partial charge in [0.25, 0.3) is 0 Å². The molecular weight excluding hydrogens is 488 g/mol. The van der Waals surface area contributed by atoms with Gasteiger partial charge in [-0.2, -0.15) is 8.42 Å². The van der Waals surface area contributed by atoms with Crippen LogP contribution in [0.2, 0.25) is 5.02 Å². The quantitative estimate of drug-likeness (QED) is 0.400. The van der Waals surface area contributed by atoms with Crippen molar-refractivity contribution in [2.24, 2.45) is 5.92 Å². The molecule has 1 saturated carbocycles. The van der Waals surface area contributed by atoms with Crippen molar-refractivity contribution in [3.63, 3.8) is 0 Å². The molecule has 3 aromatic rings. The number of nitrogens with zero attached hydrogens (tertiary/aromatic N) is 2. The highest BCUT2D eigenvalue weighted by atomic mass is 35.5. The second-order valence-electron chi connectivity index (χ2n) is 9.41. The largest absolute Gasteiger partial charge is 0.503 e. The smallest absolute Gasteiger partial charge is 0.238 e. The number of methoxy groups -OCH3 is 1. The molecule has 0 atom stereocenters. The molecule has 1 fully saturated rings. The van der Waals surface area contributed by atoms with Gasteiger partial charge in [-0.3, -0.25) is 0 Å². The van der Waals surface area contributed by atoms with Gasteiger partial charge in [0.15, 0.2) is 16.1 Å². The normalized spacial score (nSPS) is 18.1. The number of anilines is 1. The Balaban J connectivity index is 1.78. The third-order valence-corrected chi connectivity index (χ3v) is 7.65. The minimum Gasteiger partial charge on any atom is -0.503 e. The molecule has 2 heterocycles. The number of aromatic nitrogens is 2. The molecule has 4 rings (SSSR count). The summed E-state index contributed by atoms with van der Waals surface area (Å²) in [6.07, 6.45) is 4.27. The van der Waals surface area contributed by atoms with Gasteiger partial charge >= 0.3 is 0 Å². The van der Waals surface area contributed by atoms with Crippen LogP contribution in [0.25, 0.3) is 22.3 Å². The van der Waals surface area contributed by atoms with E-state index >= 15 is 0 Å². The number of aromatic hydroxyl groups is 1. The number of pyridine rings is 2. The number of ether oxygens (including phenoxy) is 1.